The first-order valence-corrected chi connectivity index (χ1v) is 10.2. The molecule has 3 rings (SSSR count). The van der Waals surface area contributed by atoms with Crippen LogP contribution < -0.4 is 15.0 Å². The van der Waals surface area contributed by atoms with Crippen LogP contribution in [0.15, 0.2) is 35.4 Å². The second-order valence-corrected chi connectivity index (χ2v) is 8.80. The first-order chi connectivity index (χ1) is 13.5. The van der Waals surface area contributed by atoms with E-state index in [0.29, 0.717) is 5.52 Å². The Labute approximate surface area is 175 Å². The highest BCUT2D eigenvalue weighted by atomic mass is 35.5. The Balaban J connectivity index is 2.09. The van der Waals surface area contributed by atoms with E-state index in [1.807, 2.05) is 0 Å². The molecule has 1 aromatic heterocycles. The Morgan fingerprint density at radius 1 is 1.17 bits per heavy atom. The van der Waals surface area contributed by atoms with Crippen molar-refractivity contribution in [2.75, 3.05) is 18.8 Å². The van der Waals surface area contributed by atoms with Crippen LogP contribution in [0.2, 0.25) is 10.0 Å². The molecule has 1 N–H and O–H groups in total. The molecule has 0 bridgehead atoms. The number of nitrogens with one attached hydrogen (secondary N) is 1. The molecule has 12 heteroatoms. The van der Waals surface area contributed by atoms with E-state index in [9.17, 15) is 17.6 Å². The van der Waals surface area contributed by atoms with Gasteiger partial charge in [0.15, 0.2) is 11.6 Å². The normalized spacial score (nSPS) is 11.8. The maximum atomic E-state index is 14.4. The van der Waals surface area contributed by atoms with Gasteiger partial charge in [-0.25, -0.2) is 9.37 Å². The summed E-state index contributed by atoms with van der Waals surface area (Å²) in [5, 5.41) is -0.299. The average Bonchev–Trinajstić information content (AvgIpc) is 2.65. The Hall–Kier alpha value is -2.40. The van der Waals surface area contributed by atoms with Crippen LogP contribution in [0.25, 0.3) is 10.9 Å². The van der Waals surface area contributed by atoms with Crippen LogP contribution in [0, 0.1) is 5.82 Å². The summed E-state index contributed by atoms with van der Waals surface area (Å²) < 4.78 is 48.4. The second-order valence-electron chi connectivity index (χ2n) is 6.16. The number of aryl methyl sites for hydroxylation is 1. The molecule has 0 aliphatic heterocycles. The molecular formula is C17H15Cl2FN4O4S. The monoisotopic (exact) mass is 460 g/mol. The maximum absolute atomic E-state index is 14.4. The largest absolute Gasteiger partial charge is 0.451 e. The molecule has 0 spiro atoms. The first-order valence-electron chi connectivity index (χ1n) is 8.03. The summed E-state index contributed by atoms with van der Waals surface area (Å²) in [6.07, 6.45) is 1.35. The molecule has 8 nitrogen and oxygen atoms in total. The standard InChI is InChI=1S/C17H15Cl2FN4O4S/c1-23(2)29(26,27)22-11-5-4-9(20)16(14(11)18)28-12-7-6-10-13(15(12)19)17(25)24(3)8-21-10/h4-8,22H,1-3H3. The Bertz CT molecular complexity index is 1280. The van der Waals surface area contributed by atoms with Crippen molar-refractivity contribution < 1.29 is 17.5 Å². The van der Waals surface area contributed by atoms with Crippen molar-refractivity contribution in [3.05, 3.63) is 56.8 Å². The minimum Gasteiger partial charge on any atom is -0.451 e. The molecule has 0 unspecified atom stereocenters. The maximum Gasteiger partial charge on any atom is 0.301 e. The van der Waals surface area contributed by atoms with Gasteiger partial charge in [0.05, 0.1) is 27.9 Å². The molecule has 0 radical (unpaired) electrons. The number of hydrogen-bond donors (Lipinski definition) is 1. The molecule has 2 aromatic carbocycles. The second kappa shape index (κ2) is 7.79. The van der Waals surface area contributed by atoms with E-state index < -0.39 is 27.3 Å². The molecule has 29 heavy (non-hydrogen) atoms. The summed E-state index contributed by atoms with van der Waals surface area (Å²) in [6.45, 7) is 0. The molecule has 1 heterocycles. The number of nitrogens with zero attached hydrogens (tertiary/aromatic N) is 3. The van der Waals surface area contributed by atoms with Gasteiger partial charge < -0.3 is 9.30 Å². The summed E-state index contributed by atoms with van der Waals surface area (Å²) in [4.78, 5) is 16.5. The molecule has 0 fully saturated rings. The lowest BCUT2D eigenvalue weighted by atomic mass is 10.2. The van der Waals surface area contributed by atoms with Crippen LogP contribution in [0.1, 0.15) is 0 Å². The molecule has 0 aliphatic rings. The summed E-state index contributed by atoms with van der Waals surface area (Å²) >= 11 is 12.5. The predicted octanol–water partition coefficient (Wildman–Crippen LogP) is 3.39. The molecule has 0 saturated heterocycles. The van der Waals surface area contributed by atoms with Crippen LogP contribution in [0.5, 0.6) is 11.5 Å². The first kappa shape index (κ1) is 21.3. The van der Waals surface area contributed by atoms with Gasteiger partial charge >= 0.3 is 10.2 Å². The van der Waals surface area contributed by atoms with Crippen molar-refractivity contribution >= 4 is 50.0 Å². The Kier molecular flexibility index (Phi) is 5.72. The van der Waals surface area contributed by atoms with Gasteiger partial charge in [-0.1, -0.05) is 23.2 Å². The van der Waals surface area contributed by atoms with E-state index in [2.05, 4.69) is 9.71 Å². The van der Waals surface area contributed by atoms with Crippen molar-refractivity contribution in [3.63, 3.8) is 0 Å². The number of aromatic nitrogens is 2. The van der Waals surface area contributed by atoms with Crippen molar-refractivity contribution in [2.45, 2.75) is 0 Å². The molecule has 0 saturated carbocycles. The zero-order valence-electron chi connectivity index (χ0n) is 15.4. The van der Waals surface area contributed by atoms with Crippen molar-refractivity contribution in [3.8, 4) is 11.5 Å². The zero-order valence-corrected chi connectivity index (χ0v) is 17.7. The van der Waals surface area contributed by atoms with Gasteiger partial charge in [-0.15, -0.1) is 0 Å². The third-order valence-electron chi connectivity index (χ3n) is 3.97. The summed E-state index contributed by atoms with van der Waals surface area (Å²) in [5.74, 6) is -1.34. The molecule has 0 aliphatic carbocycles. The fraction of sp³-hybridized carbons (Fsp3) is 0.176. The number of fused-ring (bicyclic) bond motifs is 1. The topological polar surface area (TPSA) is 93.5 Å². The fourth-order valence-corrected chi connectivity index (χ4v) is 3.56. The summed E-state index contributed by atoms with van der Waals surface area (Å²) in [7, 11) is 0.268. The average molecular weight is 461 g/mol. The van der Waals surface area contributed by atoms with Gasteiger partial charge in [0.1, 0.15) is 10.8 Å². The van der Waals surface area contributed by atoms with Gasteiger partial charge in [0.25, 0.3) is 5.56 Å². The minimum atomic E-state index is -3.88. The van der Waals surface area contributed by atoms with Crippen molar-refractivity contribution in [2.24, 2.45) is 7.05 Å². The number of hydrogen-bond acceptors (Lipinski definition) is 5. The van der Waals surface area contributed by atoms with Crippen LogP contribution in [-0.4, -0.2) is 36.4 Å². The molecule has 154 valence electrons. The smallest absolute Gasteiger partial charge is 0.301 e. The third kappa shape index (κ3) is 4.01. The lowest BCUT2D eigenvalue weighted by Gasteiger charge is -2.17. The summed E-state index contributed by atoms with van der Waals surface area (Å²) in [5.41, 5.74) is -0.166. The number of rotatable bonds is 5. The van der Waals surface area contributed by atoms with Crippen LogP contribution in [-0.2, 0) is 17.3 Å². The molecule has 0 amide bonds. The van der Waals surface area contributed by atoms with Crippen LogP contribution in [0.4, 0.5) is 10.1 Å². The highest BCUT2D eigenvalue weighted by Gasteiger charge is 2.21. The summed E-state index contributed by atoms with van der Waals surface area (Å²) in [6, 6.07) is 5.05. The Morgan fingerprint density at radius 2 is 1.86 bits per heavy atom. The van der Waals surface area contributed by atoms with Crippen molar-refractivity contribution in [1.29, 1.82) is 0 Å². The van der Waals surface area contributed by atoms with Gasteiger partial charge in [0.2, 0.25) is 0 Å². The zero-order chi connectivity index (χ0) is 21.5. The number of benzene rings is 2. The molecule has 3 aromatic rings. The number of anilines is 1. The Morgan fingerprint density at radius 3 is 2.52 bits per heavy atom. The van der Waals surface area contributed by atoms with E-state index >= 15 is 0 Å². The van der Waals surface area contributed by atoms with Gasteiger partial charge in [-0.3, -0.25) is 9.52 Å². The highest BCUT2D eigenvalue weighted by Crippen LogP contribution is 2.41. The SMILES string of the molecule is CN(C)S(=O)(=O)Nc1ccc(F)c(Oc2ccc3ncn(C)c(=O)c3c2Cl)c1Cl. The van der Waals surface area contributed by atoms with E-state index in [-0.39, 0.29) is 26.9 Å². The number of halogens is 3. The van der Waals surface area contributed by atoms with E-state index in [4.69, 9.17) is 27.9 Å². The molecule has 0 atom stereocenters. The highest BCUT2D eigenvalue weighted by molar-refractivity contribution is 7.90. The van der Waals surface area contributed by atoms with Gasteiger partial charge in [0, 0.05) is 21.1 Å². The van der Waals surface area contributed by atoms with E-state index in [0.717, 1.165) is 16.4 Å². The quantitative estimate of drug-likeness (QED) is 0.629. The lowest BCUT2D eigenvalue weighted by molar-refractivity contribution is 0.443. The van der Waals surface area contributed by atoms with Crippen LogP contribution in [0.3, 0.4) is 0 Å². The third-order valence-corrected chi connectivity index (χ3v) is 6.16. The van der Waals surface area contributed by atoms with E-state index in [1.54, 1.807) is 0 Å². The fourth-order valence-electron chi connectivity index (χ4n) is 2.36. The number of ether oxygens (including phenoxy) is 1. The van der Waals surface area contributed by atoms with Crippen molar-refractivity contribution in [1.82, 2.24) is 13.9 Å². The van der Waals surface area contributed by atoms with Gasteiger partial charge in [-0.05, 0) is 24.3 Å². The van der Waals surface area contributed by atoms with E-state index in [1.165, 1.54) is 44.2 Å². The lowest BCUT2D eigenvalue weighted by Crippen LogP contribution is -2.29. The molecular weight excluding hydrogens is 446 g/mol. The minimum absolute atomic E-state index is 0.0438. The predicted molar refractivity (Wildman–Crippen MR) is 110 cm³/mol. The van der Waals surface area contributed by atoms with Gasteiger partial charge in [-0.2, -0.15) is 12.7 Å². The van der Waals surface area contributed by atoms with Crippen LogP contribution >= 0.6 is 23.2 Å².